The minimum atomic E-state index is -0.201. The van der Waals surface area contributed by atoms with E-state index in [1.165, 1.54) is 0 Å². The topological polar surface area (TPSA) is 75.3 Å². The summed E-state index contributed by atoms with van der Waals surface area (Å²) in [5, 5.41) is 11.9. The molecule has 0 bridgehead atoms. The quantitative estimate of drug-likeness (QED) is 0.666. The van der Waals surface area contributed by atoms with Crippen molar-refractivity contribution in [1.82, 2.24) is 5.32 Å². The number of amides is 1. The largest absolute Gasteiger partial charge is 0.398 e. The summed E-state index contributed by atoms with van der Waals surface area (Å²) in [6.07, 6.45) is 0.246. The molecule has 0 saturated heterocycles. The standard InChI is InChI=1S/C13H20N2O2/c1-9(2)12(8-16)15-13(17)7-10-5-3-4-6-11(10)14/h3-6,9,12,16H,7-8,14H2,1-2H3,(H,15,17)/t12-/m1/s1. The Kier molecular flexibility index (Phi) is 4.97. The average Bonchev–Trinajstić information content (AvgIpc) is 2.28. The number of para-hydroxylation sites is 1. The van der Waals surface area contributed by atoms with Gasteiger partial charge in [-0.1, -0.05) is 32.0 Å². The predicted octanol–water partition coefficient (Wildman–Crippen LogP) is 0.944. The van der Waals surface area contributed by atoms with E-state index in [4.69, 9.17) is 10.8 Å². The number of anilines is 1. The highest BCUT2D eigenvalue weighted by molar-refractivity contribution is 5.80. The summed E-state index contributed by atoms with van der Waals surface area (Å²) in [7, 11) is 0. The van der Waals surface area contributed by atoms with Gasteiger partial charge in [-0.05, 0) is 17.5 Å². The molecule has 94 valence electrons. The fourth-order valence-electron chi connectivity index (χ4n) is 1.55. The average molecular weight is 236 g/mol. The summed E-state index contributed by atoms with van der Waals surface area (Å²) in [6, 6.07) is 7.09. The number of carbonyl (C=O) groups is 1. The van der Waals surface area contributed by atoms with Crippen LogP contribution in [0.4, 0.5) is 5.69 Å². The van der Waals surface area contributed by atoms with Gasteiger partial charge in [0, 0.05) is 5.69 Å². The molecular weight excluding hydrogens is 216 g/mol. The molecule has 0 unspecified atom stereocenters. The fraction of sp³-hybridized carbons (Fsp3) is 0.462. The Bertz CT molecular complexity index is 377. The van der Waals surface area contributed by atoms with Crippen molar-refractivity contribution in [2.24, 2.45) is 5.92 Å². The van der Waals surface area contributed by atoms with Gasteiger partial charge in [-0.25, -0.2) is 0 Å². The Balaban J connectivity index is 2.58. The van der Waals surface area contributed by atoms with Crippen molar-refractivity contribution >= 4 is 11.6 Å². The Labute approximate surface area is 102 Å². The maximum atomic E-state index is 11.8. The van der Waals surface area contributed by atoms with Crippen LogP contribution in [-0.2, 0) is 11.2 Å². The number of rotatable bonds is 5. The van der Waals surface area contributed by atoms with Gasteiger partial charge in [0.1, 0.15) is 0 Å². The highest BCUT2D eigenvalue weighted by Gasteiger charge is 2.15. The highest BCUT2D eigenvalue weighted by Crippen LogP contribution is 2.11. The van der Waals surface area contributed by atoms with E-state index in [1.54, 1.807) is 6.07 Å². The van der Waals surface area contributed by atoms with Gasteiger partial charge in [-0.15, -0.1) is 0 Å². The second kappa shape index (κ2) is 6.25. The van der Waals surface area contributed by atoms with Crippen molar-refractivity contribution in [3.05, 3.63) is 29.8 Å². The van der Waals surface area contributed by atoms with Crippen LogP contribution in [0.15, 0.2) is 24.3 Å². The van der Waals surface area contributed by atoms with Gasteiger partial charge in [0.2, 0.25) is 5.91 Å². The number of benzene rings is 1. The van der Waals surface area contributed by atoms with Crippen molar-refractivity contribution in [1.29, 1.82) is 0 Å². The van der Waals surface area contributed by atoms with Crippen LogP contribution >= 0.6 is 0 Å². The second-order valence-electron chi connectivity index (χ2n) is 4.48. The SMILES string of the molecule is CC(C)[C@@H](CO)NC(=O)Cc1ccccc1N. The highest BCUT2D eigenvalue weighted by atomic mass is 16.3. The summed E-state index contributed by atoms with van der Waals surface area (Å²) in [6.45, 7) is 3.86. The Hall–Kier alpha value is -1.55. The van der Waals surface area contributed by atoms with E-state index >= 15 is 0 Å². The van der Waals surface area contributed by atoms with E-state index in [1.807, 2.05) is 32.0 Å². The van der Waals surface area contributed by atoms with Crippen molar-refractivity contribution in [3.63, 3.8) is 0 Å². The minimum Gasteiger partial charge on any atom is -0.398 e. The van der Waals surface area contributed by atoms with Crippen LogP contribution in [-0.4, -0.2) is 23.7 Å². The van der Waals surface area contributed by atoms with Gasteiger partial charge in [0.25, 0.3) is 0 Å². The number of nitrogen functional groups attached to an aromatic ring is 1. The maximum Gasteiger partial charge on any atom is 0.224 e. The molecule has 17 heavy (non-hydrogen) atoms. The number of nitrogens with one attached hydrogen (secondary N) is 1. The van der Waals surface area contributed by atoms with Gasteiger partial charge in [-0.2, -0.15) is 0 Å². The van der Waals surface area contributed by atoms with Crippen LogP contribution in [0.25, 0.3) is 0 Å². The van der Waals surface area contributed by atoms with Crippen molar-refractivity contribution < 1.29 is 9.90 Å². The lowest BCUT2D eigenvalue weighted by Gasteiger charge is -2.20. The normalized spacial score (nSPS) is 12.5. The first-order chi connectivity index (χ1) is 8.04. The predicted molar refractivity (Wildman–Crippen MR) is 68.4 cm³/mol. The van der Waals surface area contributed by atoms with Crippen LogP contribution in [0.1, 0.15) is 19.4 Å². The van der Waals surface area contributed by atoms with Gasteiger partial charge in [0.05, 0.1) is 19.1 Å². The van der Waals surface area contributed by atoms with Crippen molar-refractivity contribution in [3.8, 4) is 0 Å². The fourth-order valence-corrected chi connectivity index (χ4v) is 1.55. The van der Waals surface area contributed by atoms with Gasteiger partial charge in [-0.3, -0.25) is 4.79 Å². The lowest BCUT2D eigenvalue weighted by molar-refractivity contribution is -0.121. The third-order valence-electron chi connectivity index (χ3n) is 2.75. The summed E-state index contributed by atoms with van der Waals surface area (Å²) in [5.41, 5.74) is 7.19. The summed E-state index contributed by atoms with van der Waals surface area (Å²) >= 11 is 0. The number of aliphatic hydroxyl groups excluding tert-OH is 1. The minimum absolute atomic E-state index is 0.0479. The molecule has 0 aliphatic rings. The Morgan fingerprint density at radius 2 is 2.06 bits per heavy atom. The number of nitrogens with two attached hydrogens (primary N) is 1. The molecule has 0 aliphatic carbocycles. The number of carbonyl (C=O) groups excluding carboxylic acids is 1. The Morgan fingerprint density at radius 1 is 1.41 bits per heavy atom. The zero-order valence-corrected chi connectivity index (χ0v) is 10.3. The lowest BCUT2D eigenvalue weighted by atomic mass is 10.0. The van der Waals surface area contributed by atoms with Gasteiger partial charge < -0.3 is 16.2 Å². The third-order valence-corrected chi connectivity index (χ3v) is 2.75. The van der Waals surface area contributed by atoms with E-state index in [-0.39, 0.29) is 30.9 Å². The molecule has 4 N–H and O–H groups in total. The van der Waals surface area contributed by atoms with Gasteiger partial charge >= 0.3 is 0 Å². The molecule has 0 radical (unpaired) electrons. The zero-order valence-electron chi connectivity index (χ0n) is 10.3. The van der Waals surface area contributed by atoms with Crippen LogP contribution in [0.3, 0.4) is 0 Å². The molecule has 0 aromatic heterocycles. The first-order valence-corrected chi connectivity index (χ1v) is 5.78. The van der Waals surface area contributed by atoms with Gasteiger partial charge in [0.15, 0.2) is 0 Å². The number of hydrogen-bond acceptors (Lipinski definition) is 3. The molecule has 4 heteroatoms. The lowest BCUT2D eigenvalue weighted by Crippen LogP contribution is -2.41. The van der Waals surface area contributed by atoms with Crippen LogP contribution in [0.5, 0.6) is 0 Å². The molecule has 0 aliphatic heterocycles. The molecule has 0 spiro atoms. The molecule has 1 aromatic rings. The zero-order chi connectivity index (χ0) is 12.8. The maximum absolute atomic E-state index is 11.8. The molecule has 1 aromatic carbocycles. The summed E-state index contributed by atoms with van der Waals surface area (Å²) in [4.78, 5) is 11.8. The summed E-state index contributed by atoms with van der Waals surface area (Å²) in [5.74, 6) is 0.0905. The number of hydrogen-bond donors (Lipinski definition) is 3. The summed E-state index contributed by atoms with van der Waals surface area (Å²) < 4.78 is 0. The molecular formula is C13H20N2O2. The van der Waals surface area contributed by atoms with E-state index in [2.05, 4.69) is 5.32 Å². The van der Waals surface area contributed by atoms with Crippen LogP contribution < -0.4 is 11.1 Å². The first kappa shape index (κ1) is 13.5. The molecule has 1 atom stereocenters. The van der Waals surface area contributed by atoms with E-state index in [0.29, 0.717) is 5.69 Å². The van der Waals surface area contributed by atoms with Crippen molar-refractivity contribution in [2.45, 2.75) is 26.3 Å². The van der Waals surface area contributed by atoms with Crippen LogP contribution in [0, 0.1) is 5.92 Å². The first-order valence-electron chi connectivity index (χ1n) is 5.78. The monoisotopic (exact) mass is 236 g/mol. The van der Waals surface area contributed by atoms with E-state index < -0.39 is 0 Å². The Morgan fingerprint density at radius 3 is 2.59 bits per heavy atom. The third kappa shape index (κ3) is 4.07. The molecule has 4 nitrogen and oxygen atoms in total. The van der Waals surface area contributed by atoms with Crippen LogP contribution in [0.2, 0.25) is 0 Å². The molecule has 1 rings (SSSR count). The molecule has 1 amide bonds. The smallest absolute Gasteiger partial charge is 0.224 e. The number of aliphatic hydroxyl groups is 1. The molecule has 0 heterocycles. The molecule has 0 fully saturated rings. The second-order valence-corrected chi connectivity index (χ2v) is 4.48. The van der Waals surface area contributed by atoms with Crippen molar-refractivity contribution in [2.75, 3.05) is 12.3 Å². The van der Waals surface area contributed by atoms with E-state index in [0.717, 1.165) is 5.56 Å². The molecule has 0 saturated carbocycles. The van der Waals surface area contributed by atoms with E-state index in [9.17, 15) is 4.79 Å².